The highest BCUT2D eigenvalue weighted by Gasteiger charge is 2.10. The third-order valence-electron chi connectivity index (χ3n) is 4.89. The van der Waals surface area contributed by atoms with Crippen LogP contribution >= 0.6 is 0 Å². The van der Waals surface area contributed by atoms with Gasteiger partial charge >= 0.3 is 0 Å². The van der Waals surface area contributed by atoms with Crippen LogP contribution in [-0.4, -0.2) is 35.9 Å². The number of guanidine groups is 1. The van der Waals surface area contributed by atoms with Crippen molar-refractivity contribution >= 4 is 11.6 Å². The second-order valence-electron chi connectivity index (χ2n) is 6.60. The number of anilines is 1. The number of aromatic nitrogens is 2. The topological polar surface area (TPSA) is 57.5 Å². The highest BCUT2D eigenvalue weighted by atomic mass is 15.3. The zero-order chi connectivity index (χ0) is 18.5. The maximum absolute atomic E-state index is 4.46. The highest BCUT2D eigenvalue weighted by molar-refractivity contribution is 5.79. The van der Waals surface area contributed by atoms with Crippen LogP contribution in [0.1, 0.15) is 22.5 Å². The summed E-state index contributed by atoms with van der Waals surface area (Å²) < 4.78 is 1.92. The van der Waals surface area contributed by atoms with Crippen LogP contribution in [0.2, 0.25) is 0 Å². The molecule has 0 atom stereocenters. The van der Waals surface area contributed by atoms with Crippen molar-refractivity contribution in [1.29, 1.82) is 0 Å². The summed E-state index contributed by atoms with van der Waals surface area (Å²) in [6.45, 7) is 7.58. The van der Waals surface area contributed by atoms with Crippen LogP contribution < -0.4 is 15.5 Å². The Morgan fingerprint density at radius 3 is 2.31 bits per heavy atom. The van der Waals surface area contributed by atoms with Crippen LogP contribution in [0.15, 0.2) is 41.4 Å². The summed E-state index contributed by atoms with van der Waals surface area (Å²) >= 11 is 0. The van der Waals surface area contributed by atoms with Crippen molar-refractivity contribution in [2.24, 2.45) is 12.0 Å². The molecule has 0 radical (unpaired) electrons. The van der Waals surface area contributed by atoms with Crippen molar-refractivity contribution in [2.75, 3.05) is 25.0 Å². The van der Waals surface area contributed by atoms with Gasteiger partial charge in [-0.1, -0.05) is 24.3 Å². The maximum atomic E-state index is 4.46. The van der Waals surface area contributed by atoms with Crippen molar-refractivity contribution in [2.45, 2.75) is 26.9 Å². The summed E-state index contributed by atoms with van der Waals surface area (Å²) in [5.41, 5.74) is 5.96. The van der Waals surface area contributed by atoms with Crippen molar-refractivity contribution in [3.63, 3.8) is 0 Å². The standard InChI is InChI=1S/C20H28N6/c1-15-19(16(2)25(4)24-15)14-23-20(21-3)22-13-17-7-9-18(10-8-17)26-11-5-6-12-26/h5-10H,11-14H2,1-4H3,(H2,21,22,23). The molecule has 0 aliphatic carbocycles. The lowest BCUT2D eigenvalue weighted by Crippen LogP contribution is -2.36. The molecule has 2 N–H and O–H groups in total. The molecule has 26 heavy (non-hydrogen) atoms. The third kappa shape index (κ3) is 4.07. The molecule has 6 heteroatoms. The first-order chi connectivity index (χ1) is 12.6. The average molecular weight is 352 g/mol. The van der Waals surface area contributed by atoms with E-state index in [1.165, 1.54) is 22.5 Å². The minimum absolute atomic E-state index is 0.714. The van der Waals surface area contributed by atoms with E-state index in [1.807, 2.05) is 18.7 Å². The van der Waals surface area contributed by atoms with Crippen molar-refractivity contribution < 1.29 is 0 Å². The fourth-order valence-electron chi connectivity index (χ4n) is 3.17. The lowest BCUT2D eigenvalue weighted by Gasteiger charge is -2.18. The van der Waals surface area contributed by atoms with E-state index in [4.69, 9.17) is 0 Å². The molecule has 1 aromatic carbocycles. The number of nitrogens with zero attached hydrogens (tertiary/aromatic N) is 4. The monoisotopic (exact) mass is 352 g/mol. The first-order valence-corrected chi connectivity index (χ1v) is 9.01. The van der Waals surface area contributed by atoms with Crippen LogP contribution in [0.4, 0.5) is 5.69 Å². The van der Waals surface area contributed by atoms with Gasteiger partial charge in [-0.3, -0.25) is 9.67 Å². The Morgan fingerprint density at radius 2 is 1.73 bits per heavy atom. The van der Waals surface area contributed by atoms with Crippen molar-refractivity contribution in [1.82, 2.24) is 20.4 Å². The zero-order valence-corrected chi connectivity index (χ0v) is 16.1. The lowest BCUT2D eigenvalue weighted by molar-refractivity contribution is 0.728. The van der Waals surface area contributed by atoms with Crippen molar-refractivity contribution in [3.05, 3.63) is 58.9 Å². The number of nitrogens with one attached hydrogen (secondary N) is 2. The van der Waals surface area contributed by atoms with E-state index in [2.05, 4.69) is 69.0 Å². The Labute approximate surface area is 155 Å². The van der Waals surface area contributed by atoms with E-state index in [1.54, 1.807) is 7.05 Å². The SMILES string of the molecule is CN=C(NCc1ccc(N2CC=CC2)cc1)NCc1c(C)nn(C)c1C. The molecule has 0 spiro atoms. The average Bonchev–Trinajstić information content (AvgIpc) is 3.26. The number of aliphatic imine (C=N–C) groups is 1. The Bertz CT molecular complexity index is 792. The van der Waals surface area contributed by atoms with Gasteiger partial charge < -0.3 is 15.5 Å². The summed E-state index contributed by atoms with van der Waals surface area (Å²) in [5, 5.41) is 11.2. The smallest absolute Gasteiger partial charge is 0.191 e. The lowest BCUT2D eigenvalue weighted by atomic mass is 10.2. The molecule has 1 aliphatic heterocycles. The third-order valence-corrected chi connectivity index (χ3v) is 4.89. The van der Waals surface area contributed by atoms with E-state index in [0.29, 0.717) is 6.54 Å². The molecule has 0 saturated heterocycles. The predicted octanol–water partition coefficient (Wildman–Crippen LogP) is 2.28. The molecule has 2 heterocycles. The van der Waals surface area contributed by atoms with Gasteiger partial charge in [0.1, 0.15) is 0 Å². The van der Waals surface area contributed by atoms with E-state index < -0.39 is 0 Å². The second kappa shape index (κ2) is 8.08. The molecule has 1 aliphatic rings. The molecule has 0 fully saturated rings. The van der Waals surface area contributed by atoms with Gasteiger partial charge in [-0.2, -0.15) is 5.10 Å². The fraction of sp³-hybridized carbons (Fsp3) is 0.400. The normalized spacial score (nSPS) is 14.2. The number of aryl methyl sites for hydroxylation is 2. The quantitative estimate of drug-likeness (QED) is 0.492. The van der Waals surface area contributed by atoms with Crippen LogP contribution in [0, 0.1) is 13.8 Å². The summed E-state index contributed by atoms with van der Waals surface area (Å²) in [5.74, 6) is 0.792. The van der Waals surface area contributed by atoms with Gasteiger partial charge in [0.25, 0.3) is 0 Å². The predicted molar refractivity (Wildman–Crippen MR) is 108 cm³/mol. The molecular formula is C20H28N6. The van der Waals surface area contributed by atoms with Gasteiger partial charge in [0.15, 0.2) is 5.96 Å². The van der Waals surface area contributed by atoms with Gasteiger partial charge in [-0.15, -0.1) is 0 Å². The molecule has 0 bridgehead atoms. The molecule has 3 rings (SSSR count). The summed E-state index contributed by atoms with van der Waals surface area (Å²) in [4.78, 5) is 6.66. The largest absolute Gasteiger partial charge is 0.364 e. The van der Waals surface area contributed by atoms with Gasteiger partial charge in [0.2, 0.25) is 0 Å². The summed E-state index contributed by atoms with van der Waals surface area (Å²) in [6, 6.07) is 8.71. The fourth-order valence-corrected chi connectivity index (χ4v) is 3.17. The van der Waals surface area contributed by atoms with Crippen LogP contribution in [0.3, 0.4) is 0 Å². The molecule has 0 unspecified atom stereocenters. The highest BCUT2D eigenvalue weighted by Crippen LogP contribution is 2.17. The number of rotatable bonds is 5. The van der Waals surface area contributed by atoms with Gasteiger partial charge in [0.05, 0.1) is 5.69 Å². The zero-order valence-electron chi connectivity index (χ0n) is 16.1. The Hall–Kier alpha value is -2.76. The maximum Gasteiger partial charge on any atom is 0.191 e. The molecule has 1 aromatic heterocycles. The van der Waals surface area contributed by atoms with Gasteiger partial charge in [0, 0.05) is 57.2 Å². The molecular weight excluding hydrogens is 324 g/mol. The van der Waals surface area contributed by atoms with Crippen LogP contribution in [0.5, 0.6) is 0 Å². The number of hydrogen-bond acceptors (Lipinski definition) is 3. The van der Waals surface area contributed by atoms with Gasteiger partial charge in [-0.05, 0) is 31.5 Å². The van der Waals surface area contributed by atoms with E-state index in [-0.39, 0.29) is 0 Å². The van der Waals surface area contributed by atoms with Crippen molar-refractivity contribution in [3.8, 4) is 0 Å². The molecule has 138 valence electrons. The van der Waals surface area contributed by atoms with E-state index in [0.717, 1.165) is 31.3 Å². The molecule has 0 saturated carbocycles. The minimum Gasteiger partial charge on any atom is -0.364 e. The van der Waals surface area contributed by atoms with Crippen LogP contribution in [-0.2, 0) is 20.1 Å². The first-order valence-electron chi connectivity index (χ1n) is 9.01. The van der Waals surface area contributed by atoms with Crippen LogP contribution in [0.25, 0.3) is 0 Å². The number of hydrogen-bond donors (Lipinski definition) is 2. The molecule has 2 aromatic rings. The Morgan fingerprint density at radius 1 is 1.08 bits per heavy atom. The second-order valence-corrected chi connectivity index (χ2v) is 6.60. The summed E-state index contributed by atoms with van der Waals surface area (Å²) in [6.07, 6.45) is 4.41. The van der Waals surface area contributed by atoms with E-state index >= 15 is 0 Å². The Kier molecular flexibility index (Phi) is 5.61. The Balaban J connectivity index is 1.52. The number of benzene rings is 1. The first kappa shape index (κ1) is 18.0. The van der Waals surface area contributed by atoms with Gasteiger partial charge in [-0.25, -0.2) is 0 Å². The molecule has 6 nitrogen and oxygen atoms in total. The summed E-state index contributed by atoms with van der Waals surface area (Å²) in [7, 11) is 3.77. The van der Waals surface area contributed by atoms with E-state index in [9.17, 15) is 0 Å². The minimum atomic E-state index is 0.714. The molecule has 0 amide bonds.